The molecule has 0 atom stereocenters. The van der Waals surface area contributed by atoms with E-state index in [-0.39, 0.29) is 23.9 Å². The molecule has 0 amide bonds. The minimum absolute atomic E-state index is 0.0851. The number of halogens is 3. The third-order valence-electron chi connectivity index (χ3n) is 2.43. The molecule has 19 heavy (non-hydrogen) atoms. The zero-order chi connectivity index (χ0) is 14.0. The summed E-state index contributed by atoms with van der Waals surface area (Å²) >= 11 is 0. The van der Waals surface area contributed by atoms with Crippen LogP contribution >= 0.6 is 0 Å². The molecule has 2 aromatic rings. The van der Waals surface area contributed by atoms with Crippen molar-refractivity contribution in [1.29, 1.82) is 0 Å². The van der Waals surface area contributed by atoms with Crippen molar-refractivity contribution in [2.24, 2.45) is 0 Å². The zero-order valence-electron chi connectivity index (χ0n) is 10.1. The first-order valence-electron chi connectivity index (χ1n) is 5.58. The van der Waals surface area contributed by atoms with Crippen molar-refractivity contribution < 1.29 is 17.9 Å². The Kier molecular flexibility index (Phi) is 3.37. The molecule has 0 spiro atoms. The van der Waals surface area contributed by atoms with Crippen molar-refractivity contribution in [2.45, 2.75) is 13.1 Å². The topological polar surface area (TPSA) is 53.1 Å². The van der Waals surface area contributed by atoms with E-state index in [0.29, 0.717) is 0 Å². The number of benzene rings is 1. The van der Waals surface area contributed by atoms with Crippen molar-refractivity contribution in [3.05, 3.63) is 36.0 Å². The van der Waals surface area contributed by atoms with E-state index in [0.717, 1.165) is 10.7 Å². The van der Waals surface area contributed by atoms with Gasteiger partial charge in [-0.25, -0.2) is 4.68 Å². The maximum absolute atomic E-state index is 13.0. The number of hydrogen-bond acceptors (Lipinski definition) is 3. The van der Waals surface area contributed by atoms with Crippen LogP contribution in [-0.2, 0) is 6.18 Å². The van der Waals surface area contributed by atoms with Crippen LogP contribution in [0, 0.1) is 0 Å². The molecule has 0 radical (unpaired) electrons. The van der Waals surface area contributed by atoms with Crippen LogP contribution in [0.3, 0.4) is 0 Å². The maximum Gasteiger partial charge on any atom is 0.433 e. The zero-order valence-corrected chi connectivity index (χ0v) is 10.1. The van der Waals surface area contributed by atoms with Gasteiger partial charge in [0.25, 0.3) is 0 Å². The molecule has 7 heteroatoms. The van der Waals surface area contributed by atoms with E-state index in [2.05, 4.69) is 5.10 Å². The lowest BCUT2D eigenvalue weighted by Crippen LogP contribution is -2.14. The molecule has 0 fully saturated rings. The molecule has 0 unspecified atom stereocenters. The second-order valence-corrected chi connectivity index (χ2v) is 3.77. The summed E-state index contributed by atoms with van der Waals surface area (Å²) in [5, 5.41) is 3.79. The van der Waals surface area contributed by atoms with Gasteiger partial charge in [-0.15, -0.1) is 5.10 Å². The van der Waals surface area contributed by atoms with Gasteiger partial charge in [0.15, 0.2) is 5.69 Å². The van der Waals surface area contributed by atoms with E-state index in [1.165, 1.54) is 12.1 Å². The number of alkyl halides is 3. The predicted octanol–water partition coefficient (Wildman–Crippen LogP) is 2.87. The molecule has 0 bridgehead atoms. The Morgan fingerprint density at radius 2 is 2.00 bits per heavy atom. The molecule has 0 saturated heterocycles. The van der Waals surface area contributed by atoms with Crippen LogP contribution in [0.4, 0.5) is 18.9 Å². The fraction of sp³-hybridized carbons (Fsp3) is 0.250. The molecule has 102 valence electrons. The summed E-state index contributed by atoms with van der Waals surface area (Å²) < 4.78 is 44.6. The van der Waals surface area contributed by atoms with Crippen LogP contribution in [0.25, 0.3) is 5.69 Å². The van der Waals surface area contributed by atoms with Crippen molar-refractivity contribution in [3.8, 4) is 11.6 Å². The summed E-state index contributed by atoms with van der Waals surface area (Å²) in [6, 6.07) is 7.06. The molecule has 2 N–H and O–H groups in total. The summed E-state index contributed by atoms with van der Waals surface area (Å²) in [7, 11) is 0. The number of hydrogen-bond donors (Lipinski definition) is 1. The molecule has 1 aromatic heterocycles. The number of anilines is 1. The Bertz CT molecular complexity index is 578. The van der Waals surface area contributed by atoms with Gasteiger partial charge >= 0.3 is 6.18 Å². The number of aromatic nitrogens is 2. The first-order valence-corrected chi connectivity index (χ1v) is 5.58. The van der Waals surface area contributed by atoms with E-state index < -0.39 is 11.9 Å². The molecule has 2 rings (SSSR count). The Labute approximate surface area is 107 Å². The van der Waals surface area contributed by atoms with Gasteiger partial charge in [-0.2, -0.15) is 13.2 Å². The molecule has 4 nitrogen and oxygen atoms in total. The Hall–Kier alpha value is -2.18. The molecule has 1 aromatic carbocycles. The van der Waals surface area contributed by atoms with Crippen LogP contribution in [0.1, 0.15) is 12.6 Å². The van der Waals surface area contributed by atoms with Crippen LogP contribution in [0.5, 0.6) is 5.88 Å². The highest BCUT2D eigenvalue weighted by Gasteiger charge is 2.37. The third-order valence-corrected chi connectivity index (χ3v) is 2.43. The number of rotatable bonds is 3. The third kappa shape index (κ3) is 2.64. The van der Waals surface area contributed by atoms with Crippen LogP contribution in [0.15, 0.2) is 30.3 Å². The van der Waals surface area contributed by atoms with Gasteiger partial charge in [-0.3, -0.25) is 0 Å². The number of para-hydroxylation sites is 2. The minimum Gasteiger partial charge on any atom is -0.477 e. The van der Waals surface area contributed by atoms with Gasteiger partial charge in [0, 0.05) is 6.07 Å². The van der Waals surface area contributed by atoms with Crippen LogP contribution in [-0.4, -0.2) is 16.4 Å². The Morgan fingerprint density at radius 1 is 1.32 bits per heavy atom. The Balaban J connectivity index is 2.58. The standard InChI is InChI=1S/C12H12F3N3O/c1-2-19-11-7-10(12(13,14)15)18(17-11)9-6-4-3-5-8(9)16/h3-7H,2,16H2,1H3. The lowest BCUT2D eigenvalue weighted by Gasteiger charge is -2.11. The monoisotopic (exact) mass is 271 g/mol. The van der Waals surface area contributed by atoms with E-state index in [9.17, 15) is 13.2 Å². The van der Waals surface area contributed by atoms with Crippen molar-refractivity contribution >= 4 is 5.69 Å². The number of nitrogens with zero attached hydrogens (tertiary/aromatic N) is 2. The van der Waals surface area contributed by atoms with Gasteiger partial charge < -0.3 is 10.5 Å². The van der Waals surface area contributed by atoms with E-state index in [1.807, 2.05) is 0 Å². The molecule has 0 aliphatic heterocycles. The summed E-state index contributed by atoms with van der Waals surface area (Å²) in [5.41, 5.74) is 5.13. The molecule has 0 aliphatic rings. The van der Waals surface area contributed by atoms with Gasteiger partial charge in [-0.1, -0.05) is 12.1 Å². The summed E-state index contributed by atoms with van der Waals surface area (Å²) in [5.74, 6) is -0.0851. The molecule has 1 heterocycles. The second-order valence-electron chi connectivity index (χ2n) is 3.77. The van der Waals surface area contributed by atoms with Gasteiger partial charge in [0.05, 0.1) is 18.0 Å². The van der Waals surface area contributed by atoms with Gasteiger partial charge in [0.2, 0.25) is 5.88 Å². The van der Waals surface area contributed by atoms with Crippen molar-refractivity contribution in [3.63, 3.8) is 0 Å². The van der Waals surface area contributed by atoms with E-state index in [1.54, 1.807) is 19.1 Å². The van der Waals surface area contributed by atoms with E-state index >= 15 is 0 Å². The SMILES string of the molecule is CCOc1cc(C(F)(F)F)n(-c2ccccc2N)n1. The predicted molar refractivity (Wildman–Crippen MR) is 64.1 cm³/mol. The summed E-state index contributed by atoms with van der Waals surface area (Å²) in [6.07, 6.45) is -4.54. The summed E-state index contributed by atoms with van der Waals surface area (Å²) in [6.45, 7) is 1.90. The van der Waals surface area contributed by atoms with Crippen molar-refractivity contribution in [1.82, 2.24) is 9.78 Å². The lowest BCUT2D eigenvalue weighted by molar-refractivity contribution is -0.142. The highest BCUT2D eigenvalue weighted by Crippen LogP contribution is 2.34. The molecule has 0 saturated carbocycles. The van der Waals surface area contributed by atoms with E-state index in [4.69, 9.17) is 10.5 Å². The van der Waals surface area contributed by atoms with Gasteiger partial charge in [-0.05, 0) is 19.1 Å². The Morgan fingerprint density at radius 3 is 2.58 bits per heavy atom. The van der Waals surface area contributed by atoms with Crippen LogP contribution < -0.4 is 10.5 Å². The second kappa shape index (κ2) is 4.83. The normalized spacial score (nSPS) is 11.6. The average Bonchev–Trinajstić information content (AvgIpc) is 2.74. The lowest BCUT2D eigenvalue weighted by atomic mass is 10.2. The number of nitrogens with two attached hydrogens (primary N) is 1. The van der Waals surface area contributed by atoms with Gasteiger partial charge in [0.1, 0.15) is 0 Å². The molecular formula is C12H12F3N3O. The number of ether oxygens (including phenoxy) is 1. The summed E-state index contributed by atoms with van der Waals surface area (Å²) in [4.78, 5) is 0. The largest absolute Gasteiger partial charge is 0.477 e. The first-order chi connectivity index (χ1) is 8.93. The highest BCUT2D eigenvalue weighted by atomic mass is 19.4. The maximum atomic E-state index is 13.0. The number of nitrogen functional groups attached to an aromatic ring is 1. The minimum atomic E-state index is -4.54. The average molecular weight is 271 g/mol. The fourth-order valence-corrected chi connectivity index (χ4v) is 1.64. The molecule has 0 aliphatic carbocycles. The first kappa shape index (κ1) is 13.3. The van der Waals surface area contributed by atoms with Crippen molar-refractivity contribution in [2.75, 3.05) is 12.3 Å². The smallest absolute Gasteiger partial charge is 0.433 e. The molecular weight excluding hydrogens is 259 g/mol. The van der Waals surface area contributed by atoms with Crippen LogP contribution in [0.2, 0.25) is 0 Å². The quantitative estimate of drug-likeness (QED) is 0.873. The fourth-order valence-electron chi connectivity index (χ4n) is 1.64. The highest BCUT2D eigenvalue weighted by molar-refractivity contribution is 5.57.